The maximum atomic E-state index is 13.3. The first-order chi connectivity index (χ1) is 13.7. The highest BCUT2D eigenvalue weighted by atomic mass is 19.4. The van der Waals surface area contributed by atoms with Gasteiger partial charge >= 0.3 is 12.1 Å². The van der Waals surface area contributed by atoms with Crippen LogP contribution in [-0.4, -0.2) is 39.7 Å². The minimum atomic E-state index is -4.86. The summed E-state index contributed by atoms with van der Waals surface area (Å²) in [6.45, 7) is 1.84. The van der Waals surface area contributed by atoms with Crippen LogP contribution in [-0.2, 0) is 10.9 Å². The Morgan fingerprint density at radius 1 is 1.21 bits per heavy atom. The van der Waals surface area contributed by atoms with E-state index in [1.54, 1.807) is 35.3 Å². The van der Waals surface area contributed by atoms with Crippen LogP contribution in [0.4, 0.5) is 24.8 Å². The van der Waals surface area contributed by atoms with E-state index in [0.29, 0.717) is 17.1 Å². The number of aryl methyl sites for hydroxylation is 1. The maximum Gasteiger partial charge on any atom is 0.434 e. The van der Waals surface area contributed by atoms with Crippen LogP contribution in [0.5, 0.6) is 5.75 Å². The quantitative estimate of drug-likeness (QED) is 0.647. The van der Waals surface area contributed by atoms with Gasteiger partial charge in [-0.2, -0.15) is 13.2 Å². The SMILES string of the molecule is COC(=O)c1cnc(Nc2ccc(-n3cnc(C)c3)c(OC)c2)nc1C(F)(F)F. The molecule has 152 valence electrons. The van der Waals surface area contributed by atoms with Crippen molar-refractivity contribution in [3.05, 3.63) is 53.9 Å². The fraction of sp³-hybridized carbons (Fsp3) is 0.222. The van der Waals surface area contributed by atoms with Crippen LogP contribution in [0.2, 0.25) is 0 Å². The molecule has 0 aliphatic rings. The molecule has 1 aromatic carbocycles. The number of aromatic nitrogens is 4. The van der Waals surface area contributed by atoms with Crippen molar-refractivity contribution in [1.29, 1.82) is 0 Å². The first-order valence-electron chi connectivity index (χ1n) is 8.21. The van der Waals surface area contributed by atoms with E-state index in [2.05, 4.69) is 25.0 Å². The average molecular weight is 407 g/mol. The average Bonchev–Trinajstić information content (AvgIpc) is 3.12. The molecule has 29 heavy (non-hydrogen) atoms. The zero-order valence-electron chi connectivity index (χ0n) is 15.6. The molecule has 11 heteroatoms. The smallest absolute Gasteiger partial charge is 0.434 e. The Labute approximate surface area is 163 Å². The number of benzene rings is 1. The molecule has 0 aliphatic heterocycles. The summed E-state index contributed by atoms with van der Waals surface area (Å²) in [7, 11) is 2.44. The second-order valence-electron chi connectivity index (χ2n) is 5.88. The molecule has 3 rings (SSSR count). The number of nitrogens with one attached hydrogen (secondary N) is 1. The van der Waals surface area contributed by atoms with E-state index in [-0.39, 0.29) is 5.95 Å². The van der Waals surface area contributed by atoms with Crippen LogP contribution in [0.15, 0.2) is 36.9 Å². The van der Waals surface area contributed by atoms with Crippen LogP contribution in [0.25, 0.3) is 5.69 Å². The van der Waals surface area contributed by atoms with Gasteiger partial charge in [0.05, 0.1) is 31.9 Å². The molecule has 0 aliphatic carbocycles. The molecular weight excluding hydrogens is 391 g/mol. The molecule has 0 saturated heterocycles. The van der Waals surface area contributed by atoms with Crippen LogP contribution in [0.3, 0.4) is 0 Å². The molecule has 3 aromatic rings. The van der Waals surface area contributed by atoms with E-state index >= 15 is 0 Å². The highest BCUT2D eigenvalue weighted by Crippen LogP contribution is 2.32. The number of imidazole rings is 1. The largest absolute Gasteiger partial charge is 0.494 e. The lowest BCUT2D eigenvalue weighted by Crippen LogP contribution is -2.18. The molecule has 0 fully saturated rings. The van der Waals surface area contributed by atoms with Gasteiger partial charge in [-0.3, -0.25) is 0 Å². The van der Waals surface area contributed by atoms with Crippen LogP contribution >= 0.6 is 0 Å². The van der Waals surface area contributed by atoms with Gasteiger partial charge in [0, 0.05) is 24.1 Å². The number of nitrogens with zero attached hydrogens (tertiary/aromatic N) is 4. The first-order valence-corrected chi connectivity index (χ1v) is 8.21. The van der Waals surface area contributed by atoms with Gasteiger partial charge in [-0.15, -0.1) is 0 Å². The number of ether oxygens (including phenoxy) is 2. The van der Waals surface area contributed by atoms with Crippen molar-refractivity contribution in [3.8, 4) is 11.4 Å². The number of carbonyl (C=O) groups is 1. The van der Waals surface area contributed by atoms with Crippen molar-refractivity contribution in [2.75, 3.05) is 19.5 Å². The van der Waals surface area contributed by atoms with E-state index in [0.717, 1.165) is 19.0 Å². The minimum Gasteiger partial charge on any atom is -0.494 e. The van der Waals surface area contributed by atoms with Crippen molar-refractivity contribution >= 4 is 17.6 Å². The second kappa shape index (κ2) is 7.78. The molecular formula is C18H16F3N5O3. The van der Waals surface area contributed by atoms with Gasteiger partial charge in [0.15, 0.2) is 5.69 Å². The van der Waals surface area contributed by atoms with E-state index in [1.165, 1.54) is 7.11 Å². The number of esters is 1. The number of hydrogen-bond acceptors (Lipinski definition) is 7. The molecule has 0 unspecified atom stereocenters. The Morgan fingerprint density at radius 2 is 1.97 bits per heavy atom. The minimum absolute atomic E-state index is 0.335. The zero-order valence-corrected chi connectivity index (χ0v) is 15.6. The second-order valence-corrected chi connectivity index (χ2v) is 5.88. The molecule has 2 aromatic heterocycles. The van der Waals surface area contributed by atoms with E-state index in [1.807, 2.05) is 6.92 Å². The number of anilines is 2. The number of halogens is 3. The Morgan fingerprint density at radius 3 is 2.55 bits per heavy atom. The molecule has 8 nitrogen and oxygen atoms in total. The van der Waals surface area contributed by atoms with Gasteiger partial charge < -0.3 is 19.4 Å². The molecule has 0 amide bonds. The molecule has 0 atom stereocenters. The van der Waals surface area contributed by atoms with Crippen molar-refractivity contribution < 1.29 is 27.4 Å². The predicted molar refractivity (Wildman–Crippen MR) is 96.5 cm³/mol. The molecule has 0 bridgehead atoms. The Bertz CT molecular complexity index is 1050. The summed E-state index contributed by atoms with van der Waals surface area (Å²) in [4.78, 5) is 22.9. The summed E-state index contributed by atoms with van der Waals surface area (Å²) >= 11 is 0. The number of alkyl halides is 3. The lowest BCUT2D eigenvalue weighted by Gasteiger charge is -2.14. The fourth-order valence-corrected chi connectivity index (χ4v) is 2.57. The summed E-state index contributed by atoms with van der Waals surface area (Å²) in [5.41, 5.74) is -0.265. The molecule has 2 heterocycles. The predicted octanol–water partition coefficient (Wildman–Crippen LogP) is 3.53. The first kappa shape index (κ1) is 20.1. The van der Waals surface area contributed by atoms with Gasteiger partial charge in [0.2, 0.25) is 5.95 Å². The normalized spacial score (nSPS) is 11.2. The standard InChI is InChI=1S/C18H16F3N5O3/c1-10-8-26(9-23-10)13-5-4-11(6-14(13)28-2)24-17-22-7-12(16(27)29-3)15(25-17)18(19,20)21/h4-9H,1-3H3,(H,22,24,25). The summed E-state index contributed by atoms with van der Waals surface area (Å²) in [5.74, 6) is -1.06. The fourth-order valence-electron chi connectivity index (χ4n) is 2.57. The topological polar surface area (TPSA) is 91.2 Å². The van der Waals surface area contributed by atoms with Crippen LogP contribution < -0.4 is 10.1 Å². The molecule has 1 N–H and O–H groups in total. The van der Waals surface area contributed by atoms with Crippen molar-refractivity contribution in [3.63, 3.8) is 0 Å². The third kappa shape index (κ3) is 4.28. The van der Waals surface area contributed by atoms with E-state index in [9.17, 15) is 18.0 Å². The lowest BCUT2D eigenvalue weighted by molar-refractivity contribution is -0.141. The van der Waals surface area contributed by atoms with Crippen molar-refractivity contribution in [1.82, 2.24) is 19.5 Å². The summed E-state index contributed by atoms with van der Waals surface area (Å²) in [6, 6.07) is 4.91. The highest BCUT2D eigenvalue weighted by Gasteiger charge is 2.38. The van der Waals surface area contributed by atoms with Gasteiger partial charge in [-0.05, 0) is 19.1 Å². The lowest BCUT2D eigenvalue weighted by atomic mass is 10.2. The van der Waals surface area contributed by atoms with E-state index in [4.69, 9.17) is 4.74 Å². The van der Waals surface area contributed by atoms with E-state index < -0.39 is 23.4 Å². The summed E-state index contributed by atoms with van der Waals surface area (Å²) < 4.78 is 51.3. The molecule has 0 spiro atoms. The Kier molecular flexibility index (Phi) is 5.39. The maximum absolute atomic E-state index is 13.3. The van der Waals surface area contributed by atoms with Gasteiger partial charge in [-0.25, -0.2) is 19.7 Å². The number of rotatable bonds is 5. The summed E-state index contributed by atoms with van der Waals surface area (Å²) in [5, 5.41) is 2.68. The highest BCUT2D eigenvalue weighted by molar-refractivity contribution is 5.90. The zero-order chi connectivity index (χ0) is 21.2. The van der Waals surface area contributed by atoms with Crippen LogP contribution in [0.1, 0.15) is 21.7 Å². The number of methoxy groups -OCH3 is 2. The third-order valence-corrected chi connectivity index (χ3v) is 3.89. The van der Waals surface area contributed by atoms with Gasteiger partial charge in [0.25, 0.3) is 0 Å². The Balaban J connectivity index is 1.94. The van der Waals surface area contributed by atoms with Crippen molar-refractivity contribution in [2.24, 2.45) is 0 Å². The number of hydrogen-bond donors (Lipinski definition) is 1. The number of carbonyl (C=O) groups excluding carboxylic acids is 1. The molecule has 0 radical (unpaired) electrons. The molecule has 0 saturated carbocycles. The van der Waals surface area contributed by atoms with Crippen molar-refractivity contribution in [2.45, 2.75) is 13.1 Å². The van der Waals surface area contributed by atoms with Crippen LogP contribution in [0, 0.1) is 6.92 Å². The third-order valence-electron chi connectivity index (χ3n) is 3.89. The Hall–Kier alpha value is -3.63. The van der Waals surface area contributed by atoms with Gasteiger partial charge in [-0.1, -0.05) is 0 Å². The van der Waals surface area contributed by atoms with Gasteiger partial charge in [0.1, 0.15) is 11.3 Å². The summed E-state index contributed by atoms with van der Waals surface area (Å²) in [6.07, 6.45) is -0.673. The monoisotopic (exact) mass is 407 g/mol.